The van der Waals surface area contributed by atoms with E-state index in [1.54, 1.807) is 59.6 Å². The molecule has 4 rings (SSSR count). The third kappa shape index (κ3) is 4.94. The Balaban J connectivity index is 1.45. The number of rotatable bonds is 6. The average molecular weight is 478 g/mol. The number of carbonyl (C=O) groups is 1. The predicted octanol–water partition coefficient (Wildman–Crippen LogP) is 2.73. The highest BCUT2D eigenvalue weighted by atomic mass is 32.2. The van der Waals surface area contributed by atoms with Crippen LogP contribution in [0.15, 0.2) is 71.8 Å². The summed E-state index contributed by atoms with van der Waals surface area (Å²) in [7, 11) is -2.35. The summed E-state index contributed by atoms with van der Waals surface area (Å²) in [6.45, 7) is 1.91. The number of aromatic nitrogens is 1. The number of hydrogen-bond donors (Lipinski definition) is 1. The van der Waals surface area contributed by atoms with E-state index >= 15 is 0 Å². The SMILES string of the molecule is COc1ccc(NS(=O)(=O)c2cccc(C(=O)N3CCN(c4ncccc4C#N)CC3)c2)cc1. The second-order valence-corrected chi connectivity index (χ2v) is 9.31. The third-order valence-electron chi connectivity index (χ3n) is 5.51. The largest absolute Gasteiger partial charge is 0.497 e. The first-order valence-corrected chi connectivity index (χ1v) is 12.1. The number of nitriles is 1. The monoisotopic (exact) mass is 477 g/mol. The molecule has 2 aromatic carbocycles. The van der Waals surface area contributed by atoms with Crippen LogP contribution in [0.2, 0.25) is 0 Å². The molecule has 0 saturated carbocycles. The number of piperazine rings is 1. The minimum atomic E-state index is -3.88. The fourth-order valence-corrected chi connectivity index (χ4v) is 4.81. The van der Waals surface area contributed by atoms with Gasteiger partial charge in [-0.25, -0.2) is 13.4 Å². The minimum absolute atomic E-state index is 0.0000448. The lowest BCUT2D eigenvalue weighted by Crippen LogP contribution is -2.49. The number of benzene rings is 2. The van der Waals surface area contributed by atoms with Gasteiger partial charge in [-0.05, 0) is 54.6 Å². The molecule has 174 valence electrons. The number of ether oxygens (including phenoxy) is 1. The standard InChI is InChI=1S/C24H23N5O4S/c1-33-21-9-7-20(8-10-21)27-34(31,32)22-6-2-4-18(16-22)24(30)29-14-12-28(13-15-29)23-19(17-25)5-3-11-26-23/h2-11,16,27H,12-15H2,1H3. The van der Waals surface area contributed by atoms with Gasteiger partial charge in [-0.1, -0.05) is 6.07 Å². The van der Waals surface area contributed by atoms with Gasteiger partial charge in [-0.3, -0.25) is 9.52 Å². The van der Waals surface area contributed by atoms with Crippen molar-refractivity contribution >= 4 is 27.4 Å². The molecule has 1 amide bonds. The van der Waals surface area contributed by atoms with Crippen molar-refractivity contribution in [2.24, 2.45) is 0 Å². The van der Waals surface area contributed by atoms with Crippen LogP contribution in [0.25, 0.3) is 0 Å². The molecule has 2 heterocycles. The summed E-state index contributed by atoms with van der Waals surface area (Å²) in [5.74, 6) is 0.972. The molecule has 1 aliphatic rings. The van der Waals surface area contributed by atoms with Gasteiger partial charge in [-0.15, -0.1) is 0 Å². The van der Waals surface area contributed by atoms with Crippen molar-refractivity contribution < 1.29 is 17.9 Å². The number of carbonyl (C=O) groups excluding carboxylic acids is 1. The molecule has 1 N–H and O–H groups in total. The topological polar surface area (TPSA) is 116 Å². The Morgan fingerprint density at radius 3 is 2.47 bits per heavy atom. The summed E-state index contributed by atoms with van der Waals surface area (Å²) >= 11 is 0. The van der Waals surface area contributed by atoms with Crippen LogP contribution in [0, 0.1) is 11.3 Å². The van der Waals surface area contributed by atoms with Gasteiger partial charge in [0.2, 0.25) is 0 Å². The average Bonchev–Trinajstić information content (AvgIpc) is 2.88. The predicted molar refractivity (Wildman–Crippen MR) is 127 cm³/mol. The quantitative estimate of drug-likeness (QED) is 0.580. The molecule has 9 nitrogen and oxygen atoms in total. The maximum absolute atomic E-state index is 13.1. The number of pyridine rings is 1. The smallest absolute Gasteiger partial charge is 0.261 e. The van der Waals surface area contributed by atoms with Crippen LogP contribution in [0.1, 0.15) is 15.9 Å². The molecule has 1 aromatic heterocycles. The maximum atomic E-state index is 13.1. The highest BCUT2D eigenvalue weighted by Gasteiger charge is 2.25. The molecular weight excluding hydrogens is 454 g/mol. The number of methoxy groups -OCH3 is 1. The van der Waals surface area contributed by atoms with Crippen LogP contribution < -0.4 is 14.4 Å². The third-order valence-corrected chi connectivity index (χ3v) is 6.89. The molecule has 1 saturated heterocycles. The van der Waals surface area contributed by atoms with Gasteiger partial charge in [-0.2, -0.15) is 5.26 Å². The molecule has 0 radical (unpaired) electrons. The van der Waals surface area contributed by atoms with E-state index < -0.39 is 10.0 Å². The van der Waals surface area contributed by atoms with E-state index in [0.29, 0.717) is 54.6 Å². The zero-order chi connectivity index (χ0) is 24.1. The van der Waals surface area contributed by atoms with Crippen molar-refractivity contribution in [1.82, 2.24) is 9.88 Å². The molecule has 0 aliphatic carbocycles. The normalized spacial score (nSPS) is 13.8. The maximum Gasteiger partial charge on any atom is 0.261 e. The van der Waals surface area contributed by atoms with Gasteiger partial charge in [0.25, 0.3) is 15.9 Å². The van der Waals surface area contributed by atoms with Crippen molar-refractivity contribution in [3.05, 3.63) is 78.0 Å². The van der Waals surface area contributed by atoms with Crippen molar-refractivity contribution in [2.45, 2.75) is 4.90 Å². The lowest BCUT2D eigenvalue weighted by atomic mass is 10.1. The van der Waals surface area contributed by atoms with Gasteiger partial charge >= 0.3 is 0 Å². The van der Waals surface area contributed by atoms with Crippen molar-refractivity contribution in [3.63, 3.8) is 0 Å². The number of hydrogen-bond acceptors (Lipinski definition) is 7. The second-order valence-electron chi connectivity index (χ2n) is 7.63. The molecule has 0 spiro atoms. The molecule has 0 unspecified atom stereocenters. The fourth-order valence-electron chi connectivity index (χ4n) is 3.71. The molecule has 10 heteroatoms. The molecule has 1 fully saturated rings. The number of amides is 1. The zero-order valence-electron chi connectivity index (χ0n) is 18.5. The first kappa shape index (κ1) is 23.1. The molecule has 0 atom stereocenters. The van der Waals surface area contributed by atoms with Crippen molar-refractivity contribution in [2.75, 3.05) is 42.9 Å². The first-order valence-electron chi connectivity index (χ1n) is 10.6. The van der Waals surface area contributed by atoms with Crippen LogP contribution >= 0.6 is 0 Å². The van der Waals surface area contributed by atoms with Crippen molar-refractivity contribution in [1.29, 1.82) is 5.26 Å². The fraction of sp³-hybridized carbons (Fsp3) is 0.208. The van der Waals surface area contributed by atoms with E-state index in [2.05, 4.69) is 15.8 Å². The lowest BCUT2D eigenvalue weighted by Gasteiger charge is -2.35. The van der Waals surface area contributed by atoms with Gasteiger partial charge in [0.15, 0.2) is 0 Å². The minimum Gasteiger partial charge on any atom is -0.497 e. The number of nitrogens with zero attached hydrogens (tertiary/aromatic N) is 4. The number of sulfonamides is 1. The first-order chi connectivity index (χ1) is 16.4. The number of nitrogens with one attached hydrogen (secondary N) is 1. The molecule has 0 bridgehead atoms. The molecular formula is C24H23N5O4S. The van der Waals surface area contributed by atoms with E-state index in [4.69, 9.17) is 4.74 Å². The van der Waals surface area contributed by atoms with Crippen molar-refractivity contribution in [3.8, 4) is 11.8 Å². The van der Waals surface area contributed by atoms with Gasteiger partial charge in [0.1, 0.15) is 17.6 Å². The Morgan fingerprint density at radius 1 is 1.06 bits per heavy atom. The van der Waals surface area contributed by atoms with E-state index in [1.807, 2.05) is 4.90 Å². The Labute approximate surface area is 198 Å². The lowest BCUT2D eigenvalue weighted by molar-refractivity contribution is 0.0746. The summed E-state index contributed by atoms with van der Waals surface area (Å²) in [5, 5.41) is 9.31. The van der Waals surface area contributed by atoms with Gasteiger partial charge in [0, 0.05) is 43.6 Å². The van der Waals surface area contributed by atoms with E-state index in [9.17, 15) is 18.5 Å². The van der Waals surface area contributed by atoms with Gasteiger partial charge in [0.05, 0.1) is 17.6 Å². The van der Waals surface area contributed by atoms with E-state index in [0.717, 1.165) is 0 Å². The van der Waals surface area contributed by atoms with Crippen LogP contribution in [0.4, 0.5) is 11.5 Å². The van der Waals surface area contributed by atoms with Gasteiger partial charge < -0.3 is 14.5 Å². The molecule has 3 aromatic rings. The van der Waals surface area contributed by atoms with Crippen LogP contribution in [0.3, 0.4) is 0 Å². The van der Waals surface area contributed by atoms with Crippen LogP contribution in [-0.4, -0.2) is 57.5 Å². The Bertz CT molecular complexity index is 1330. The Hall–Kier alpha value is -4.10. The molecule has 1 aliphatic heterocycles. The highest BCUT2D eigenvalue weighted by molar-refractivity contribution is 7.92. The summed E-state index contributed by atoms with van der Waals surface area (Å²) in [6.07, 6.45) is 1.64. The van der Waals surface area contributed by atoms with E-state index in [1.165, 1.54) is 19.2 Å². The summed E-state index contributed by atoms with van der Waals surface area (Å²) in [6, 6.07) is 18.1. The van der Waals surface area contributed by atoms with E-state index in [-0.39, 0.29) is 10.8 Å². The molecule has 34 heavy (non-hydrogen) atoms. The Kier molecular flexibility index (Phi) is 6.65. The second kappa shape index (κ2) is 9.80. The summed E-state index contributed by atoms with van der Waals surface area (Å²) < 4.78 is 33.3. The van der Waals surface area contributed by atoms with Crippen LogP contribution in [-0.2, 0) is 10.0 Å². The highest BCUT2D eigenvalue weighted by Crippen LogP contribution is 2.22. The number of anilines is 2. The summed E-state index contributed by atoms with van der Waals surface area (Å²) in [4.78, 5) is 21.0. The zero-order valence-corrected chi connectivity index (χ0v) is 19.3. The van der Waals surface area contributed by atoms with Crippen LogP contribution in [0.5, 0.6) is 5.75 Å². The Morgan fingerprint density at radius 2 is 1.79 bits per heavy atom. The summed E-state index contributed by atoms with van der Waals surface area (Å²) in [5.41, 5.74) is 1.17.